The fourth-order valence-electron chi connectivity index (χ4n) is 2.15. The zero-order valence-electron chi connectivity index (χ0n) is 11.1. The average molecular weight is 285 g/mol. The number of β-amino-alcohol motifs (C(OH)–C–C–N with tert-alkyl or cyclic N) is 1. The van der Waals surface area contributed by atoms with Gasteiger partial charge in [0.15, 0.2) is 0 Å². The quantitative estimate of drug-likeness (QED) is 0.772. The number of carbonyl (C=O) groups excluding carboxylic acids is 1. The first-order chi connectivity index (χ1) is 8.70. The number of nitrogens with one attached hydrogen (secondary N) is 2. The van der Waals surface area contributed by atoms with E-state index >= 15 is 0 Å². The van der Waals surface area contributed by atoms with Crippen molar-refractivity contribution < 1.29 is 9.90 Å². The van der Waals surface area contributed by atoms with Crippen LogP contribution in [-0.2, 0) is 6.42 Å². The average Bonchev–Trinajstić information content (AvgIpc) is 2.81. The fourth-order valence-corrected chi connectivity index (χ4v) is 2.15. The molecule has 4 nitrogen and oxygen atoms in total. The molecule has 5 heteroatoms. The molecule has 1 heterocycles. The molecule has 0 aliphatic carbocycles. The number of aliphatic hydroxyl groups is 1. The maximum absolute atomic E-state index is 11.9. The largest absolute Gasteiger partial charge is 0.391 e. The van der Waals surface area contributed by atoms with Gasteiger partial charge in [-0.15, -0.1) is 12.4 Å². The third kappa shape index (κ3) is 4.20. The minimum atomic E-state index is -0.354. The molecule has 19 heavy (non-hydrogen) atoms. The van der Waals surface area contributed by atoms with Gasteiger partial charge in [-0.05, 0) is 24.1 Å². The van der Waals surface area contributed by atoms with Gasteiger partial charge in [0.25, 0.3) is 5.91 Å². The van der Waals surface area contributed by atoms with Crippen molar-refractivity contribution in [2.75, 3.05) is 19.6 Å². The fraction of sp³-hybridized carbons (Fsp3) is 0.500. The van der Waals surface area contributed by atoms with Crippen LogP contribution in [0.1, 0.15) is 22.8 Å². The van der Waals surface area contributed by atoms with Gasteiger partial charge < -0.3 is 15.7 Å². The number of hydrogen-bond acceptors (Lipinski definition) is 3. The van der Waals surface area contributed by atoms with E-state index in [0.29, 0.717) is 18.7 Å². The summed E-state index contributed by atoms with van der Waals surface area (Å²) >= 11 is 0. The number of hydrogen-bond donors (Lipinski definition) is 3. The van der Waals surface area contributed by atoms with Gasteiger partial charge in [-0.1, -0.05) is 19.1 Å². The lowest BCUT2D eigenvalue weighted by molar-refractivity contribution is 0.0927. The predicted molar refractivity (Wildman–Crippen MR) is 77.8 cm³/mol. The third-order valence-electron chi connectivity index (χ3n) is 3.45. The molecule has 0 radical (unpaired) electrons. The minimum Gasteiger partial charge on any atom is -0.391 e. The monoisotopic (exact) mass is 284 g/mol. The first-order valence-corrected chi connectivity index (χ1v) is 6.46. The summed E-state index contributed by atoms with van der Waals surface area (Å²) in [5.74, 6) is 0.0422. The summed E-state index contributed by atoms with van der Waals surface area (Å²) in [6, 6.07) is 7.64. The Balaban J connectivity index is 0.00000180. The summed E-state index contributed by atoms with van der Waals surface area (Å²) in [6.45, 7) is 3.98. The van der Waals surface area contributed by atoms with E-state index in [0.717, 1.165) is 13.0 Å². The highest BCUT2D eigenvalue weighted by molar-refractivity contribution is 5.94. The van der Waals surface area contributed by atoms with E-state index in [4.69, 9.17) is 0 Å². The van der Waals surface area contributed by atoms with Gasteiger partial charge in [0, 0.05) is 31.1 Å². The molecule has 0 spiro atoms. The summed E-state index contributed by atoms with van der Waals surface area (Å²) in [5, 5.41) is 15.6. The summed E-state index contributed by atoms with van der Waals surface area (Å²) in [6.07, 6.45) is 0.620. The van der Waals surface area contributed by atoms with Gasteiger partial charge >= 0.3 is 0 Å². The maximum atomic E-state index is 11.9. The molecule has 0 saturated carbocycles. The number of halogens is 1. The van der Waals surface area contributed by atoms with Crippen LogP contribution in [0.25, 0.3) is 0 Å². The van der Waals surface area contributed by atoms with Crippen molar-refractivity contribution in [1.29, 1.82) is 0 Å². The lowest BCUT2D eigenvalue weighted by Crippen LogP contribution is -2.34. The highest BCUT2D eigenvalue weighted by Gasteiger charge is 2.25. The van der Waals surface area contributed by atoms with Crippen molar-refractivity contribution in [3.05, 3.63) is 35.4 Å². The number of rotatable bonds is 4. The number of aliphatic hydroxyl groups excluding tert-OH is 1. The lowest BCUT2D eigenvalue weighted by atomic mass is 10.1. The lowest BCUT2D eigenvalue weighted by Gasteiger charge is -2.14. The Labute approximate surface area is 120 Å². The molecule has 1 aliphatic heterocycles. The van der Waals surface area contributed by atoms with Crippen LogP contribution >= 0.6 is 12.4 Å². The Kier molecular flexibility index (Phi) is 6.28. The van der Waals surface area contributed by atoms with Gasteiger partial charge in [0.05, 0.1) is 6.10 Å². The molecular weight excluding hydrogens is 264 g/mol. The van der Waals surface area contributed by atoms with Crippen molar-refractivity contribution in [2.45, 2.75) is 19.4 Å². The second-order valence-electron chi connectivity index (χ2n) is 4.75. The van der Waals surface area contributed by atoms with Crippen molar-refractivity contribution in [3.63, 3.8) is 0 Å². The van der Waals surface area contributed by atoms with Crippen molar-refractivity contribution in [3.8, 4) is 0 Å². The Bertz CT molecular complexity index is 408. The van der Waals surface area contributed by atoms with Crippen molar-refractivity contribution in [2.24, 2.45) is 5.92 Å². The molecule has 1 fully saturated rings. The van der Waals surface area contributed by atoms with E-state index in [1.807, 2.05) is 24.3 Å². The number of aryl methyl sites for hydroxylation is 1. The van der Waals surface area contributed by atoms with E-state index in [-0.39, 0.29) is 30.3 Å². The minimum absolute atomic E-state index is 0. The molecule has 1 aliphatic rings. The van der Waals surface area contributed by atoms with Gasteiger partial charge in [-0.2, -0.15) is 0 Å². The number of amides is 1. The molecule has 2 unspecified atom stereocenters. The SMILES string of the molecule is CCc1ccc(C(=O)NCC2CNCC2O)cc1.Cl. The molecular formula is C14H21ClN2O2. The first kappa shape index (κ1) is 16.0. The smallest absolute Gasteiger partial charge is 0.251 e. The van der Waals surface area contributed by atoms with Crippen LogP contribution in [0.15, 0.2) is 24.3 Å². The Morgan fingerprint density at radius 3 is 2.58 bits per heavy atom. The highest BCUT2D eigenvalue weighted by Crippen LogP contribution is 2.08. The molecule has 0 aromatic heterocycles. The Morgan fingerprint density at radius 1 is 1.37 bits per heavy atom. The molecule has 1 saturated heterocycles. The number of carbonyl (C=O) groups is 1. The van der Waals surface area contributed by atoms with Gasteiger partial charge in [0.1, 0.15) is 0 Å². The molecule has 1 amide bonds. The summed E-state index contributed by atoms with van der Waals surface area (Å²) < 4.78 is 0. The number of benzene rings is 1. The molecule has 1 aromatic carbocycles. The predicted octanol–water partition coefficient (Wildman–Crippen LogP) is 0.981. The second kappa shape index (κ2) is 7.48. The molecule has 106 valence electrons. The van der Waals surface area contributed by atoms with Crippen molar-refractivity contribution in [1.82, 2.24) is 10.6 Å². The van der Waals surface area contributed by atoms with E-state index < -0.39 is 0 Å². The van der Waals surface area contributed by atoms with Gasteiger partial charge in [0.2, 0.25) is 0 Å². The van der Waals surface area contributed by atoms with Crippen molar-refractivity contribution >= 4 is 18.3 Å². The summed E-state index contributed by atoms with van der Waals surface area (Å²) in [4.78, 5) is 11.9. The molecule has 3 N–H and O–H groups in total. The highest BCUT2D eigenvalue weighted by atomic mass is 35.5. The summed E-state index contributed by atoms with van der Waals surface area (Å²) in [5.41, 5.74) is 1.90. The van der Waals surface area contributed by atoms with Crippen LogP contribution in [0, 0.1) is 5.92 Å². The first-order valence-electron chi connectivity index (χ1n) is 6.46. The van der Waals surface area contributed by atoms with E-state index in [1.165, 1.54) is 5.56 Å². The molecule has 0 bridgehead atoms. The molecule has 1 aromatic rings. The maximum Gasteiger partial charge on any atom is 0.251 e. The van der Waals surface area contributed by atoms with Crippen LogP contribution in [-0.4, -0.2) is 36.8 Å². The van der Waals surface area contributed by atoms with Crippen LogP contribution in [0.4, 0.5) is 0 Å². The molecule has 2 rings (SSSR count). The van der Waals surface area contributed by atoms with Crippen LogP contribution in [0.3, 0.4) is 0 Å². The Morgan fingerprint density at radius 2 is 2.05 bits per heavy atom. The van der Waals surface area contributed by atoms with Crippen LogP contribution in [0.2, 0.25) is 0 Å². The third-order valence-corrected chi connectivity index (χ3v) is 3.45. The van der Waals surface area contributed by atoms with Gasteiger partial charge in [-0.25, -0.2) is 0 Å². The van der Waals surface area contributed by atoms with Crippen LogP contribution < -0.4 is 10.6 Å². The van der Waals surface area contributed by atoms with E-state index in [9.17, 15) is 9.90 Å². The standard InChI is InChI=1S/C14H20N2O2.ClH/c1-2-10-3-5-11(6-4-10)14(18)16-8-12-7-15-9-13(12)17;/h3-6,12-13,15,17H,2,7-9H2,1H3,(H,16,18);1H. The van der Waals surface area contributed by atoms with Gasteiger partial charge in [-0.3, -0.25) is 4.79 Å². The van der Waals surface area contributed by atoms with Crippen LogP contribution in [0.5, 0.6) is 0 Å². The van der Waals surface area contributed by atoms with E-state index in [2.05, 4.69) is 17.6 Å². The Hall–Kier alpha value is -1.10. The van der Waals surface area contributed by atoms with E-state index in [1.54, 1.807) is 0 Å². The normalized spacial score (nSPS) is 21.8. The summed E-state index contributed by atoms with van der Waals surface area (Å²) in [7, 11) is 0. The molecule has 2 atom stereocenters. The zero-order chi connectivity index (χ0) is 13.0. The topological polar surface area (TPSA) is 61.4 Å². The second-order valence-corrected chi connectivity index (χ2v) is 4.75. The zero-order valence-corrected chi connectivity index (χ0v) is 11.9.